The molecule has 0 radical (unpaired) electrons. The summed E-state index contributed by atoms with van der Waals surface area (Å²) in [7, 11) is 0. The fourth-order valence-corrected chi connectivity index (χ4v) is 3.82. The molecule has 1 fully saturated rings. The number of carbonyl (C=O) groups excluding carboxylic acids is 1. The van der Waals surface area contributed by atoms with Crippen molar-refractivity contribution in [1.82, 2.24) is 20.0 Å². The largest absolute Gasteiger partial charge is 0.508 e. The molecule has 32 heavy (non-hydrogen) atoms. The van der Waals surface area contributed by atoms with Gasteiger partial charge in [-0.05, 0) is 42.7 Å². The van der Waals surface area contributed by atoms with Crippen LogP contribution < -0.4 is 11.1 Å². The number of nitrogens with two attached hydrogens (primary N) is 1. The highest BCUT2D eigenvalue weighted by Gasteiger charge is 2.25. The molecule has 2 aromatic carbocycles. The number of phenols is 1. The van der Waals surface area contributed by atoms with Gasteiger partial charge < -0.3 is 20.9 Å². The highest BCUT2D eigenvalue weighted by molar-refractivity contribution is 6.10. The quantitative estimate of drug-likeness (QED) is 0.418. The Labute approximate surface area is 183 Å². The van der Waals surface area contributed by atoms with Crippen molar-refractivity contribution in [3.05, 3.63) is 59.7 Å². The fraction of sp³-hybridized carbons (Fsp3) is 0.217. The van der Waals surface area contributed by atoms with E-state index in [1.54, 1.807) is 30.5 Å². The number of amides is 1. The summed E-state index contributed by atoms with van der Waals surface area (Å²) in [5.74, 6) is -0.0882. The standard InChI is InChI=1S/C23H22N6O3/c24-21-19(23(31)25-13-16-7-4-10-32-16)20-22(28-18-9-2-1-8-17(18)27-20)29(21)26-12-14-5-3-6-15(30)11-14/h1-3,5-6,8-9,11-12,16,30H,4,7,10,13,24H2,(H,25,31)/b26-12-/t16-/m0/s1. The van der Waals surface area contributed by atoms with Gasteiger partial charge in [-0.25, -0.2) is 9.97 Å². The van der Waals surface area contributed by atoms with Crippen molar-refractivity contribution in [2.45, 2.75) is 18.9 Å². The van der Waals surface area contributed by atoms with E-state index in [4.69, 9.17) is 10.5 Å². The minimum absolute atomic E-state index is 0.00391. The maximum absolute atomic E-state index is 13.1. The average molecular weight is 430 g/mol. The molecule has 3 heterocycles. The number of nitrogen functional groups attached to an aromatic ring is 1. The number of fused-ring (bicyclic) bond motifs is 2. The molecule has 0 saturated carbocycles. The molecule has 1 aliphatic rings. The molecule has 0 aliphatic carbocycles. The van der Waals surface area contributed by atoms with E-state index in [2.05, 4.69) is 20.4 Å². The first-order valence-electron chi connectivity index (χ1n) is 10.4. The zero-order valence-corrected chi connectivity index (χ0v) is 17.2. The number of nitrogens with zero attached hydrogens (tertiary/aromatic N) is 4. The van der Waals surface area contributed by atoms with Gasteiger partial charge in [-0.1, -0.05) is 24.3 Å². The van der Waals surface area contributed by atoms with Crippen LogP contribution >= 0.6 is 0 Å². The van der Waals surface area contributed by atoms with Crippen LogP contribution in [0.1, 0.15) is 28.8 Å². The molecule has 9 nitrogen and oxygen atoms in total. The second-order valence-electron chi connectivity index (χ2n) is 7.64. The molecule has 162 valence electrons. The number of carbonyl (C=O) groups is 1. The maximum atomic E-state index is 13.1. The van der Waals surface area contributed by atoms with Gasteiger partial charge in [0, 0.05) is 13.2 Å². The summed E-state index contributed by atoms with van der Waals surface area (Å²) < 4.78 is 7.00. The van der Waals surface area contributed by atoms with Crippen LogP contribution in [0, 0.1) is 0 Å². The molecule has 1 aliphatic heterocycles. The Morgan fingerprint density at radius 2 is 2.06 bits per heavy atom. The van der Waals surface area contributed by atoms with Crippen molar-refractivity contribution in [3.63, 3.8) is 0 Å². The number of para-hydroxylation sites is 2. The van der Waals surface area contributed by atoms with Crippen molar-refractivity contribution >= 4 is 40.1 Å². The first-order valence-corrected chi connectivity index (χ1v) is 10.4. The number of anilines is 1. The zero-order chi connectivity index (χ0) is 22.1. The minimum atomic E-state index is -0.348. The lowest BCUT2D eigenvalue weighted by Gasteiger charge is -2.10. The smallest absolute Gasteiger partial charge is 0.257 e. The normalized spacial score (nSPS) is 16.3. The van der Waals surface area contributed by atoms with Gasteiger partial charge in [0.15, 0.2) is 5.65 Å². The summed E-state index contributed by atoms with van der Waals surface area (Å²) in [5, 5.41) is 17.0. The predicted octanol–water partition coefficient (Wildman–Crippen LogP) is 2.66. The predicted molar refractivity (Wildman–Crippen MR) is 122 cm³/mol. The summed E-state index contributed by atoms with van der Waals surface area (Å²) >= 11 is 0. The first kappa shape index (κ1) is 20.0. The third-order valence-corrected chi connectivity index (χ3v) is 5.41. The van der Waals surface area contributed by atoms with Gasteiger partial charge in [0.05, 0.1) is 23.4 Å². The average Bonchev–Trinajstić information content (AvgIpc) is 3.40. The number of hydrogen-bond donors (Lipinski definition) is 3. The number of aromatic hydroxyl groups is 1. The molecular weight excluding hydrogens is 408 g/mol. The van der Waals surface area contributed by atoms with Crippen molar-refractivity contribution < 1.29 is 14.6 Å². The second-order valence-corrected chi connectivity index (χ2v) is 7.64. The number of rotatable bonds is 5. The number of phenolic OH excluding ortho intramolecular Hbond substituents is 1. The van der Waals surface area contributed by atoms with E-state index in [1.165, 1.54) is 4.68 Å². The number of hydrogen-bond acceptors (Lipinski definition) is 7. The summed E-state index contributed by atoms with van der Waals surface area (Å²) in [4.78, 5) is 22.4. The van der Waals surface area contributed by atoms with Gasteiger partial charge in [-0.15, -0.1) is 0 Å². The Morgan fingerprint density at radius 3 is 2.81 bits per heavy atom. The van der Waals surface area contributed by atoms with Crippen molar-refractivity contribution in [2.24, 2.45) is 5.10 Å². The summed E-state index contributed by atoms with van der Waals surface area (Å²) in [6.07, 6.45) is 3.45. The number of benzene rings is 2. The molecule has 9 heteroatoms. The van der Waals surface area contributed by atoms with Crippen LogP contribution in [0.2, 0.25) is 0 Å². The Hall–Kier alpha value is -3.98. The molecule has 0 bridgehead atoms. The van der Waals surface area contributed by atoms with Crippen LogP contribution in [-0.2, 0) is 4.74 Å². The molecule has 5 rings (SSSR count). The van der Waals surface area contributed by atoms with Gasteiger partial charge in [0.2, 0.25) is 0 Å². The van der Waals surface area contributed by atoms with Crippen LogP contribution in [0.25, 0.3) is 22.2 Å². The third-order valence-electron chi connectivity index (χ3n) is 5.41. The minimum Gasteiger partial charge on any atom is -0.508 e. The monoisotopic (exact) mass is 430 g/mol. The molecular formula is C23H22N6O3. The summed E-state index contributed by atoms with van der Waals surface area (Å²) in [6.45, 7) is 1.11. The fourth-order valence-electron chi connectivity index (χ4n) is 3.82. The van der Waals surface area contributed by atoms with E-state index in [0.717, 1.165) is 12.8 Å². The van der Waals surface area contributed by atoms with Crippen molar-refractivity contribution in [3.8, 4) is 5.75 Å². The maximum Gasteiger partial charge on any atom is 0.257 e. The topological polar surface area (TPSA) is 128 Å². The van der Waals surface area contributed by atoms with Gasteiger partial charge in [0.25, 0.3) is 5.91 Å². The molecule has 0 unspecified atom stereocenters. The van der Waals surface area contributed by atoms with E-state index in [-0.39, 0.29) is 29.1 Å². The van der Waals surface area contributed by atoms with Crippen molar-refractivity contribution in [1.29, 1.82) is 0 Å². The van der Waals surface area contributed by atoms with Crippen molar-refractivity contribution in [2.75, 3.05) is 18.9 Å². The van der Waals surface area contributed by atoms with E-state index in [0.29, 0.717) is 40.9 Å². The molecule has 4 aromatic rings. The van der Waals surface area contributed by atoms with Crippen LogP contribution in [-0.4, -0.2) is 51.1 Å². The number of ether oxygens (including phenoxy) is 1. The molecule has 4 N–H and O–H groups in total. The van der Waals surface area contributed by atoms with E-state index in [9.17, 15) is 9.90 Å². The van der Waals surface area contributed by atoms with E-state index >= 15 is 0 Å². The Bertz CT molecular complexity index is 1340. The number of nitrogens with one attached hydrogen (secondary N) is 1. The van der Waals surface area contributed by atoms with E-state index < -0.39 is 0 Å². The molecule has 0 spiro atoms. The highest BCUT2D eigenvalue weighted by atomic mass is 16.5. The van der Waals surface area contributed by atoms with Crippen LogP contribution in [0.5, 0.6) is 5.75 Å². The Morgan fingerprint density at radius 1 is 1.25 bits per heavy atom. The van der Waals surface area contributed by atoms with Gasteiger partial charge in [-0.2, -0.15) is 9.78 Å². The second kappa shape index (κ2) is 8.27. The lowest BCUT2D eigenvalue weighted by atomic mass is 10.2. The Kier molecular flexibility index (Phi) is 5.16. The summed E-state index contributed by atoms with van der Waals surface area (Å²) in [5.41, 5.74) is 9.35. The molecule has 1 saturated heterocycles. The zero-order valence-electron chi connectivity index (χ0n) is 17.2. The van der Waals surface area contributed by atoms with Gasteiger partial charge >= 0.3 is 0 Å². The first-order chi connectivity index (χ1) is 15.6. The third kappa shape index (κ3) is 3.74. The van der Waals surface area contributed by atoms with Crippen LogP contribution in [0.3, 0.4) is 0 Å². The number of aromatic nitrogens is 3. The molecule has 1 amide bonds. The van der Waals surface area contributed by atoms with Gasteiger partial charge in [0.1, 0.15) is 22.6 Å². The Balaban J connectivity index is 1.59. The summed E-state index contributed by atoms with van der Waals surface area (Å²) in [6, 6.07) is 14.1. The lowest BCUT2D eigenvalue weighted by Crippen LogP contribution is -2.32. The lowest BCUT2D eigenvalue weighted by molar-refractivity contribution is 0.0859. The SMILES string of the molecule is Nc1c(C(=O)NC[C@@H]2CCCO2)c2nc3ccccc3nc2n1/N=C\c1cccc(O)c1. The molecule has 2 aromatic heterocycles. The van der Waals surface area contributed by atoms with E-state index in [1.807, 2.05) is 24.3 Å². The van der Waals surface area contributed by atoms with Crippen LogP contribution in [0.15, 0.2) is 53.6 Å². The van der Waals surface area contributed by atoms with Crippen LogP contribution in [0.4, 0.5) is 5.82 Å². The highest BCUT2D eigenvalue weighted by Crippen LogP contribution is 2.28. The van der Waals surface area contributed by atoms with Gasteiger partial charge in [-0.3, -0.25) is 4.79 Å². The molecule has 1 atom stereocenters.